The van der Waals surface area contributed by atoms with Crippen LogP contribution in [-0.2, 0) is 6.54 Å². The lowest BCUT2D eigenvalue weighted by Crippen LogP contribution is -2.59. The van der Waals surface area contributed by atoms with Crippen LogP contribution >= 0.6 is 0 Å². The fourth-order valence-electron chi connectivity index (χ4n) is 5.67. The number of rotatable bonds is 3. The lowest BCUT2D eigenvalue weighted by molar-refractivity contribution is -0.150. The van der Waals surface area contributed by atoms with Gasteiger partial charge in [-0.2, -0.15) is 5.10 Å². The van der Waals surface area contributed by atoms with Gasteiger partial charge >= 0.3 is 0 Å². The molecule has 0 amide bonds. The van der Waals surface area contributed by atoms with Gasteiger partial charge in [-0.25, -0.2) is 5.01 Å². The molecule has 3 aromatic carbocycles. The molecular weight excluding hydrogens is 406 g/mol. The average Bonchev–Trinajstić information content (AvgIpc) is 3.30. The highest BCUT2D eigenvalue weighted by atomic mass is 16.5. The van der Waals surface area contributed by atoms with E-state index in [2.05, 4.69) is 96.6 Å². The molecule has 3 aliphatic rings. The third-order valence-electron chi connectivity index (χ3n) is 7.50. The summed E-state index contributed by atoms with van der Waals surface area (Å²) in [6.07, 6.45) is 2.84. The fraction of sp³-hybridized carbons (Fsp3) is 0.345. The highest BCUT2D eigenvalue weighted by Gasteiger charge is 2.51. The van der Waals surface area contributed by atoms with Crippen molar-refractivity contribution in [2.24, 2.45) is 5.10 Å². The van der Waals surface area contributed by atoms with E-state index in [1.807, 2.05) is 0 Å². The van der Waals surface area contributed by atoms with E-state index in [0.29, 0.717) is 0 Å². The number of hydrogen-bond donors (Lipinski definition) is 0. The SMILES string of the molecule is Cc1ccc(C)c(C2=NN3[C@@H](C2)c2ccccc2OC32CCN(Cc3ccccc3)CC2)c1. The first-order valence-corrected chi connectivity index (χ1v) is 12.1. The van der Waals surface area contributed by atoms with Crippen molar-refractivity contribution in [2.75, 3.05) is 13.1 Å². The van der Waals surface area contributed by atoms with Crippen molar-refractivity contribution in [3.05, 3.63) is 101 Å². The minimum atomic E-state index is -0.369. The molecule has 4 heteroatoms. The highest BCUT2D eigenvalue weighted by Crippen LogP contribution is 2.50. The van der Waals surface area contributed by atoms with Crippen LogP contribution in [-0.4, -0.2) is 34.4 Å². The summed E-state index contributed by atoms with van der Waals surface area (Å²) >= 11 is 0. The molecule has 0 radical (unpaired) electrons. The molecule has 0 N–H and O–H groups in total. The maximum atomic E-state index is 6.80. The van der Waals surface area contributed by atoms with E-state index in [1.165, 1.54) is 33.5 Å². The number of hydrogen-bond acceptors (Lipinski definition) is 4. The molecule has 0 bridgehead atoms. The molecule has 1 saturated heterocycles. The Morgan fingerprint density at radius 3 is 2.52 bits per heavy atom. The summed E-state index contributed by atoms with van der Waals surface area (Å²) in [5.74, 6) is 1.03. The van der Waals surface area contributed by atoms with Crippen molar-refractivity contribution in [3.63, 3.8) is 0 Å². The molecule has 0 aliphatic carbocycles. The Morgan fingerprint density at radius 1 is 0.939 bits per heavy atom. The largest absolute Gasteiger partial charge is 0.466 e. The van der Waals surface area contributed by atoms with Crippen LogP contribution in [0.4, 0.5) is 0 Å². The first-order valence-electron chi connectivity index (χ1n) is 12.1. The van der Waals surface area contributed by atoms with Crippen molar-refractivity contribution < 1.29 is 4.74 Å². The second-order valence-electron chi connectivity index (χ2n) is 9.78. The molecule has 1 atom stereocenters. The van der Waals surface area contributed by atoms with Gasteiger partial charge in [-0.3, -0.25) is 4.90 Å². The number of fused-ring (bicyclic) bond motifs is 4. The second kappa shape index (κ2) is 8.03. The van der Waals surface area contributed by atoms with Crippen molar-refractivity contribution in [3.8, 4) is 5.75 Å². The van der Waals surface area contributed by atoms with Crippen LogP contribution in [0.2, 0.25) is 0 Å². The van der Waals surface area contributed by atoms with Crippen LogP contribution in [0, 0.1) is 13.8 Å². The zero-order valence-electron chi connectivity index (χ0n) is 19.5. The van der Waals surface area contributed by atoms with E-state index in [9.17, 15) is 0 Å². The maximum absolute atomic E-state index is 6.80. The second-order valence-corrected chi connectivity index (χ2v) is 9.78. The van der Waals surface area contributed by atoms with Gasteiger partial charge in [-0.15, -0.1) is 0 Å². The first-order chi connectivity index (χ1) is 16.1. The van der Waals surface area contributed by atoms with Crippen molar-refractivity contribution in [2.45, 2.75) is 51.4 Å². The molecule has 1 spiro atoms. The molecule has 4 nitrogen and oxygen atoms in total. The lowest BCUT2D eigenvalue weighted by atomic mass is 9.90. The predicted octanol–water partition coefficient (Wildman–Crippen LogP) is 5.84. The Kier molecular flexibility index (Phi) is 4.99. The van der Waals surface area contributed by atoms with Gasteiger partial charge in [-0.1, -0.05) is 66.2 Å². The minimum absolute atomic E-state index is 0.241. The summed E-state index contributed by atoms with van der Waals surface area (Å²) in [5.41, 5.74) is 7.30. The number of para-hydroxylation sites is 1. The summed E-state index contributed by atoms with van der Waals surface area (Å²) in [7, 11) is 0. The normalized spacial score (nSPS) is 21.3. The molecule has 3 aromatic rings. The van der Waals surface area contributed by atoms with E-state index in [0.717, 1.165) is 44.6 Å². The molecule has 1 fully saturated rings. The number of benzene rings is 3. The van der Waals surface area contributed by atoms with Crippen LogP contribution in [0.5, 0.6) is 5.75 Å². The van der Waals surface area contributed by atoms with Crippen LogP contribution in [0.15, 0.2) is 77.9 Å². The molecule has 0 unspecified atom stereocenters. The summed E-state index contributed by atoms with van der Waals surface area (Å²) in [6.45, 7) is 7.36. The topological polar surface area (TPSA) is 28.1 Å². The Morgan fingerprint density at radius 2 is 1.70 bits per heavy atom. The summed E-state index contributed by atoms with van der Waals surface area (Å²) in [4.78, 5) is 2.55. The molecule has 168 valence electrons. The molecule has 3 heterocycles. The smallest absolute Gasteiger partial charge is 0.200 e. The Bertz CT molecular complexity index is 1190. The zero-order chi connectivity index (χ0) is 22.4. The van der Waals surface area contributed by atoms with Gasteiger partial charge in [0.05, 0.1) is 11.8 Å². The van der Waals surface area contributed by atoms with E-state index in [-0.39, 0.29) is 11.8 Å². The highest BCUT2D eigenvalue weighted by molar-refractivity contribution is 6.03. The quantitative estimate of drug-likeness (QED) is 0.515. The standard InChI is InChI=1S/C29H31N3O/c1-21-12-13-22(2)25(18-21)26-19-27-24-10-6-7-11-28(24)33-29(32(27)30-26)14-16-31(17-15-29)20-23-8-4-3-5-9-23/h3-13,18,27H,14-17,19-20H2,1-2H3/t27-/m0/s1. The monoisotopic (exact) mass is 437 g/mol. The van der Waals surface area contributed by atoms with Gasteiger partial charge in [0.15, 0.2) is 0 Å². The number of ether oxygens (including phenoxy) is 1. The Hall–Kier alpha value is -3.11. The summed E-state index contributed by atoms with van der Waals surface area (Å²) in [5, 5.41) is 7.60. The lowest BCUT2D eigenvalue weighted by Gasteiger charge is -2.51. The molecule has 0 aromatic heterocycles. The van der Waals surface area contributed by atoms with E-state index in [4.69, 9.17) is 9.84 Å². The molecule has 6 rings (SSSR count). The minimum Gasteiger partial charge on any atom is -0.466 e. The summed E-state index contributed by atoms with van der Waals surface area (Å²) in [6, 6.07) is 26.3. The van der Waals surface area contributed by atoms with E-state index in [1.54, 1.807) is 0 Å². The molecule has 0 saturated carbocycles. The zero-order valence-corrected chi connectivity index (χ0v) is 19.5. The van der Waals surface area contributed by atoms with E-state index < -0.39 is 0 Å². The molecule has 33 heavy (non-hydrogen) atoms. The van der Waals surface area contributed by atoms with Crippen LogP contribution in [0.1, 0.15) is 53.1 Å². The van der Waals surface area contributed by atoms with Gasteiger partial charge in [0.25, 0.3) is 0 Å². The Balaban J connectivity index is 1.32. The van der Waals surface area contributed by atoms with Crippen LogP contribution < -0.4 is 4.74 Å². The van der Waals surface area contributed by atoms with E-state index >= 15 is 0 Å². The number of piperidine rings is 1. The van der Waals surface area contributed by atoms with Gasteiger partial charge in [-0.05, 0) is 37.1 Å². The number of likely N-dealkylation sites (tertiary alicyclic amines) is 1. The number of nitrogens with zero attached hydrogens (tertiary/aromatic N) is 3. The Labute approximate surface area is 196 Å². The van der Waals surface area contributed by atoms with Crippen molar-refractivity contribution >= 4 is 5.71 Å². The first kappa shape index (κ1) is 20.5. The molecular formula is C29H31N3O. The van der Waals surface area contributed by atoms with Gasteiger partial charge in [0.1, 0.15) is 5.75 Å². The third kappa shape index (κ3) is 3.63. The predicted molar refractivity (Wildman–Crippen MR) is 132 cm³/mol. The van der Waals surface area contributed by atoms with Gasteiger partial charge in [0.2, 0.25) is 5.72 Å². The van der Waals surface area contributed by atoms with Crippen LogP contribution in [0.25, 0.3) is 0 Å². The average molecular weight is 438 g/mol. The summed E-state index contributed by atoms with van der Waals surface area (Å²) < 4.78 is 6.80. The molecule has 3 aliphatic heterocycles. The maximum Gasteiger partial charge on any atom is 0.200 e. The van der Waals surface area contributed by atoms with Gasteiger partial charge in [0, 0.05) is 50.0 Å². The van der Waals surface area contributed by atoms with Gasteiger partial charge < -0.3 is 4.74 Å². The van der Waals surface area contributed by atoms with Crippen molar-refractivity contribution in [1.29, 1.82) is 0 Å². The van der Waals surface area contributed by atoms with Crippen molar-refractivity contribution in [1.82, 2.24) is 9.91 Å². The fourth-order valence-corrected chi connectivity index (χ4v) is 5.67. The van der Waals surface area contributed by atoms with Crippen LogP contribution in [0.3, 0.4) is 0 Å². The third-order valence-corrected chi connectivity index (χ3v) is 7.50. The number of aryl methyl sites for hydroxylation is 2. The number of hydrazone groups is 1.